The summed E-state index contributed by atoms with van der Waals surface area (Å²) in [5, 5.41) is 5.11. The summed E-state index contributed by atoms with van der Waals surface area (Å²) in [4.78, 5) is 12.1. The predicted molar refractivity (Wildman–Crippen MR) is 87.4 cm³/mol. The van der Waals surface area contributed by atoms with Gasteiger partial charge in [-0.2, -0.15) is 0 Å². The monoisotopic (exact) mass is 368 g/mol. The lowest BCUT2D eigenvalue weighted by Crippen LogP contribution is -2.12. The SMILES string of the molecule is NCC#Cc1ccc(Cl)cc1NC(=O)c1csc(Br)c1. The number of rotatable bonds is 2. The second kappa shape index (κ2) is 6.91. The highest BCUT2D eigenvalue weighted by Crippen LogP contribution is 2.24. The van der Waals surface area contributed by atoms with Gasteiger partial charge in [-0.15, -0.1) is 11.3 Å². The Labute approximate surface area is 134 Å². The number of carbonyl (C=O) groups excluding carboxylic acids is 1. The molecule has 1 heterocycles. The van der Waals surface area contributed by atoms with E-state index < -0.39 is 0 Å². The van der Waals surface area contributed by atoms with Gasteiger partial charge in [-0.1, -0.05) is 23.4 Å². The number of anilines is 1. The van der Waals surface area contributed by atoms with Gasteiger partial charge in [0.25, 0.3) is 5.91 Å². The lowest BCUT2D eigenvalue weighted by atomic mass is 10.1. The van der Waals surface area contributed by atoms with Gasteiger partial charge in [-0.3, -0.25) is 4.79 Å². The molecule has 0 aliphatic heterocycles. The Hall–Kier alpha value is -1.32. The molecule has 0 atom stereocenters. The number of amides is 1. The van der Waals surface area contributed by atoms with E-state index in [0.29, 0.717) is 21.8 Å². The Morgan fingerprint density at radius 1 is 1.45 bits per heavy atom. The molecular formula is C14H10BrClN2OS. The Kier molecular flexibility index (Phi) is 5.21. The van der Waals surface area contributed by atoms with Gasteiger partial charge in [0, 0.05) is 16.0 Å². The Morgan fingerprint density at radius 2 is 2.25 bits per heavy atom. The van der Waals surface area contributed by atoms with Gasteiger partial charge in [0.1, 0.15) is 0 Å². The number of halogens is 2. The average molecular weight is 370 g/mol. The molecule has 0 aliphatic rings. The minimum atomic E-state index is -0.204. The van der Waals surface area contributed by atoms with Crippen molar-refractivity contribution in [2.45, 2.75) is 0 Å². The molecule has 102 valence electrons. The van der Waals surface area contributed by atoms with Crippen LogP contribution < -0.4 is 11.1 Å². The number of hydrogen-bond donors (Lipinski definition) is 2. The van der Waals surface area contributed by atoms with E-state index in [2.05, 4.69) is 33.1 Å². The molecule has 20 heavy (non-hydrogen) atoms. The molecule has 0 aliphatic carbocycles. The van der Waals surface area contributed by atoms with E-state index in [1.54, 1.807) is 29.6 Å². The summed E-state index contributed by atoms with van der Waals surface area (Å²) in [6, 6.07) is 6.90. The third-order valence-electron chi connectivity index (χ3n) is 2.38. The molecular weight excluding hydrogens is 360 g/mol. The first kappa shape index (κ1) is 15.1. The standard InChI is InChI=1S/C14H10BrClN2OS/c15-13-6-10(8-20-13)14(19)18-12-7-11(16)4-3-9(12)2-1-5-17/h3-4,6-8H,5,17H2,(H,18,19). The quantitative estimate of drug-likeness (QED) is 0.793. The van der Waals surface area contributed by atoms with Crippen LogP contribution in [0.5, 0.6) is 0 Å². The third-order valence-corrected chi connectivity index (χ3v) is 4.12. The molecule has 0 saturated heterocycles. The Morgan fingerprint density at radius 3 is 2.90 bits per heavy atom. The topological polar surface area (TPSA) is 55.1 Å². The lowest BCUT2D eigenvalue weighted by molar-refractivity contribution is 0.102. The van der Waals surface area contributed by atoms with E-state index in [1.165, 1.54) is 11.3 Å². The van der Waals surface area contributed by atoms with Crippen LogP contribution >= 0.6 is 38.9 Å². The highest BCUT2D eigenvalue weighted by atomic mass is 79.9. The highest BCUT2D eigenvalue weighted by molar-refractivity contribution is 9.11. The molecule has 1 aromatic carbocycles. The molecule has 0 unspecified atom stereocenters. The van der Waals surface area contributed by atoms with E-state index in [4.69, 9.17) is 17.3 Å². The van der Waals surface area contributed by atoms with Crippen molar-refractivity contribution in [1.82, 2.24) is 0 Å². The average Bonchev–Trinajstić information content (AvgIpc) is 2.85. The molecule has 0 radical (unpaired) electrons. The van der Waals surface area contributed by atoms with Crippen molar-refractivity contribution < 1.29 is 4.79 Å². The Bertz CT molecular complexity index is 703. The van der Waals surface area contributed by atoms with E-state index >= 15 is 0 Å². The van der Waals surface area contributed by atoms with Crippen LogP contribution in [0.25, 0.3) is 0 Å². The molecule has 3 N–H and O–H groups in total. The van der Waals surface area contributed by atoms with Crippen molar-refractivity contribution in [2.75, 3.05) is 11.9 Å². The zero-order chi connectivity index (χ0) is 14.5. The number of nitrogens with two attached hydrogens (primary N) is 1. The van der Waals surface area contributed by atoms with Gasteiger partial charge >= 0.3 is 0 Å². The third kappa shape index (κ3) is 3.84. The maximum atomic E-state index is 12.1. The van der Waals surface area contributed by atoms with Crippen LogP contribution in [-0.4, -0.2) is 12.5 Å². The van der Waals surface area contributed by atoms with E-state index in [0.717, 1.165) is 3.79 Å². The molecule has 3 nitrogen and oxygen atoms in total. The zero-order valence-corrected chi connectivity index (χ0v) is 13.4. The summed E-state index contributed by atoms with van der Waals surface area (Å²) in [5.41, 5.74) is 7.20. The molecule has 2 aromatic rings. The van der Waals surface area contributed by atoms with E-state index in [-0.39, 0.29) is 12.5 Å². The molecule has 0 bridgehead atoms. The summed E-state index contributed by atoms with van der Waals surface area (Å²) in [6.45, 7) is 0.257. The number of nitrogens with one attached hydrogen (secondary N) is 1. The predicted octanol–water partition coefficient (Wildman–Crippen LogP) is 3.73. The number of hydrogen-bond acceptors (Lipinski definition) is 3. The van der Waals surface area contributed by atoms with Gasteiger partial charge in [0.2, 0.25) is 0 Å². The fraction of sp³-hybridized carbons (Fsp3) is 0.0714. The summed E-state index contributed by atoms with van der Waals surface area (Å²) >= 11 is 10.7. The minimum Gasteiger partial charge on any atom is -0.321 e. The van der Waals surface area contributed by atoms with Crippen molar-refractivity contribution in [1.29, 1.82) is 0 Å². The number of thiophene rings is 1. The fourth-order valence-corrected chi connectivity index (χ4v) is 2.81. The number of benzene rings is 1. The smallest absolute Gasteiger partial charge is 0.256 e. The first-order chi connectivity index (χ1) is 9.60. The number of carbonyl (C=O) groups is 1. The van der Waals surface area contributed by atoms with Crippen molar-refractivity contribution in [3.8, 4) is 11.8 Å². The van der Waals surface area contributed by atoms with Crippen LogP contribution in [0.2, 0.25) is 5.02 Å². The van der Waals surface area contributed by atoms with Crippen molar-refractivity contribution in [3.05, 3.63) is 49.6 Å². The summed E-state index contributed by atoms with van der Waals surface area (Å²) in [7, 11) is 0. The van der Waals surface area contributed by atoms with Crippen molar-refractivity contribution in [3.63, 3.8) is 0 Å². The van der Waals surface area contributed by atoms with Crippen molar-refractivity contribution >= 4 is 50.5 Å². The first-order valence-electron chi connectivity index (χ1n) is 5.64. The first-order valence-corrected chi connectivity index (χ1v) is 7.69. The minimum absolute atomic E-state index is 0.204. The zero-order valence-electron chi connectivity index (χ0n) is 10.2. The van der Waals surface area contributed by atoms with Gasteiger partial charge in [-0.25, -0.2) is 0 Å². The highest BCUT2D eigenvalue weighted by Gasteiger charge is 2.10. The molecule has 0 saturated carbocycles. The summed E-state index contributed by atoms with van der Waals surface area (Å²) in [6.07, 6.45) is 0. The van der Waals surface area contributed by atoms with E-state index in [9.17, 15) is 4.79 Å². The fourth-order valence-electron chi connectivity index (χ4n) is 1.50. The van der Waals surface area contributed by atoms with Gasteiger partial charge < -0.3 is 11.1 Å². The molecule has 1 aromatic heterocycles. The largest absolute Gasteiger partial charge is 0.321 e. The van der Waals surface area contributed by atoms with Crippen molar-refractivity contribution in [2.24, 2.45) is 5.73 Å². The van der Waals surface area contributed by atoms with Gasteiger partial charge in [0.15, 0.2) is 0 Å². The van der Waals surface area contributed by atoms with Crippen LogP contribution in [0.3, 0.4) is 0 Å². The van der Waals surface area contributed by atoms with E-state index in [1.807, 2.05) is 0 Å². The Balaban J connectivity index is 2.28. The molecule has 6 heteroatoms. The maximum Gasteiger partial charge on any atom is 0.256 e. The molecule has 2 rings (SSSR count). The van der Waals surface area contributed by atoms with Crippen LogP contribution in [0.4, 0.5) is 5.69 Å². The van der Waals surface area contributed by atoms with Crippen LogP contribution in [0, 0.1) is 11.8 Å². The molecule has 0 spiro atoms. The molecule has 1 amide bonds. The van der Waals surface area contributed by atoms with Crippen LogP contribution in [0.15, 0.2) is 33.4 Å². The maximum absolute atomic E-state index is 12.1. The van der Waals surface area contributed by atoms with Crippen LogP contribution in [-0.2, 0) is 0 Å². The van der Waals surface area contributed by atoms with Gasteiger partial charge in [-0.05, 0) is 40.2 Å². The molecule has 0 fully saturated rings. The van der Waals surface area contributed by atoms with Gasteiger partial charge in [0.05, 0.1) is 21.6 Å². The van der Waals surface area contributed by atoms with Crippen LogP contribution in [0.1, 0.15) is 15.9 Å². The summed E-state index contributed by atoms with van der Waals surface area (Å²) < 4.78 is 0.900. The summed E-state index contributed by atoms with van der Waals surface area (Å²) in [5.74, 6) is 5.46. The second-order valence-corrected chi connectivity index (χ2v) is 6.52. The second-order valence-electron chi connectivity index (χ2n) is 3.79. The lowest BCUT2D eigenvalue weighted by Gasteiger charge is -2.07. The normalized spacial score (nSPS) is 9.75.